The third kappa shape index (κ3) is 3.57. The summed E-state index contributed by atoms with van der Waals surface area (Å²) < 4.78 is 0. The number of hydrogen-bond acceptors (Lipinski definition) is 2. The van der Waals surface area contributed by atoms with E-state index in [1.807, 2.05) is 17.9 Å². The summed E-state index contributed by atoms with van der Waals surface area (Å²) >= 11 is 0. The second kappa shape index (κ2) is 7.16. The van der Waals surface area contributed by atoms with Crippen LogP contribution in [0, 0.1) is 5.92 Å². The minimum atomic E-state index is -0.0617. The Labute approximate surface area is 138 Å². The van der Waals surface area contributed by atoms with Crippen LogP contribution in [0.5, 0.6) is 0 Å². The standard InChI is InChI=1S/C19H26N2O2/c1-2-18(22)21-12-6-9-15(13-21)19(23)20-17-11-5-8-14-7-3-4-10-16(14)17/h3-4,7,10,15,17H,2,5-6,8-9,11-13H2,1H3,(H,20,23)/t15-,17+/m1/s1. The zero-order valence-electron chi connectivity index (χ0n) is 13.9. The van der Waals surface area contributed by atoms with E-state index in [0.29, 0.717) is 13.0 Å². The maximum Gasteiger partial charge on any atom is 0.225 e. The number of likely N-dealkylation sites (tertiary alicyclic amines) is 1. The first-order chi connectivity index (χ1) is 11.2. The fourth-order valence-electron chi connectivity index (χ4n) is 3.83. The molecule has 1 saturated heterocycles. The molecule has 0 unspecified atom stereocenters. The number of nitrogens with zero attached hydrogens (tertiary/aromatic N) is 1. The molecule has 1 aromatic rings. The second-order valence-corrected chi connectivity index (χ2v) is 6.68. The highest BCUT2D eigenvalue weighted by atomic mass is 16.2. The Bertz CT molecular complexity index is 584. The monoisotopic (exact) mass is 314 g/mol. The molecular formula is C19H26N2O2. The Kier molecular flexibility index (Phi) is 4.99. The highest BCUT2D eigenvalue weighted by Gasteiger charge is 2.30. The molecular weight excluding hydrogens is 288 g/mol. The quantitative estimate of drug-likeness (QED) is 0.932. The van der Waals surface area contributed by atoms with Gasteiger partial charge in [-0.05, 0) is 43.2 Å². The van der Waals surface area contributed by atoms with Crippen LogP contribution in [0.1, 0.15) is 56.2 Å². The van der Waals surface area contributed by atoms with E-state index in [1.165, 1.54) is 11.1 Å². The van der Waals surface area contributed by atoms with Crippen LogP contribution in [0.3, 0.4) is 0 Å². The molecule has 0 spiro atoms. The molecule has 4 heteroatoms. The lowest BCUT2D eigenvalue weighted by molar-refractivity contribution is -0.135. The molecule has 2 aliphatic rings. The van der Waals surface area contributed by atoms with E-state index in [2.05, 4.69) is 23.5 Å². The lowest BCUT2D eigenvalue weighted by Gasteiger charge is -2.34. The van der Waals surface area contributed by atoms with Crippen LogP contribution in [0.15, 0.2) is 24.3 Å². The second-order valence-electron chi connectivity index (χ2n) is 6.68. The van der Waals surface area contributed by atoms with Crippen molar-refractivity contribution in [2.24, 2.45) is 5.92 Å². The van der Waals surface area contributed by atoms with Crippen molar-refractivity contribution in [3.05, 3.63) is 35.4 Å². The lowest BCUT2D eigenvalue weighted by atomic mass is 9.87. The summed E-state index contributed by atoms with van der Waals surface area (Å²) in [5, 5.41) is 3.25. The van der Waals surface area contributed by atoms with Crippen molar-refractivity contribution < 1.29 is 9.59 Å². The van der Waals surface area contributed by atoms with Crippen molar-refractivity contribution in [2.45, 2.75) is 51.5 Å². The highest BCUT2D eigenvalue weighted by Crippen LogP contribution is 2.30. The summed E-state index contributed by atoms with van der Waals surface area (Å²) in [7, 11) is 0. The topological polar surface area (TPSA) is 49.4 Å². The molecule has 23 heavy (non-hydrogen) atoms. The number of nitrogens with one attached hydrogen (secondary N) is 1. The average molecular weight is 314 g/mol. The molecule has 0 saturated carbocycles. The number of carbonyl (C=O) groups is 2. The zero-order chi connectivity index (χ0) is 16.2. The predicted octanol–water partition coefficient (Wildman–Crippen LogP) is 2.83. The molecule has 1 heterocycles. The van der Waals surface area contributed by atoms with Crippen LogP contribution in [-0.4, -0.2) is 29.8 Å². The average Bonchev–Trinajstić information content (AvgIpc) is 2.61. The fourth-order valence-corrected chi connectivity index (χ4v) is 3.83. The highest BCUT2D eigenvalue weighted by molar-refractivity contribution is 5.81. The normalized spacial score (nSPS) is 24.0. The molecule has 2 amide bonds. The molecule has 0 bridgehead atoms. The molecule has 2 atom stereocenters. The Balaban J connectivity index is 1.64. The molecule has 1 N–H and O–H groups in total. The van der Waals surface area contributed by atoms with Crippen molar-refractivity contribution in [1.82, 2.24) is 10.2 Å². The van der Waals surface area contributed by atoms with Gasteiger partial charge in [0.15, 0.2) is 0 Å². The number of amides is 2. The van der Waals surface area contributed by atoms with E-state index in [-0.39, 0.29) is 23.8 Å². The minimum absolute atomic E-state index is 0.0617. The molecule has 1 aliphatic carbocycles. The van der Waals surface area contributed by atoms with Gasteiger partial charge >= 0.3 is 0 Å². The number of rotatable bonds is 3. The van der Waals surface area contributed by atoms with Gasteiger partial charge in [-0.1, -0.05) is 31.2 Å². The Morgan fingerprint density at radius 3 is 2.87 bits per heavy atom. The molecule has 1 fully saturated rings. The first-order valence-electron chi connectivity index (χ1n) is 8.85. The fraction of sp³-hybridized carbons (Fsp3) is 0.579. The summed E-state index contributed by atoms with van der Waals surface area (Å²) in [5.74, 6) is 0.208. The zero-order valence-corrected chi connectivity index (χ0v) is 13.9. The molecule has 1 aromatic carbocycles. The van der Waals surface area contributed by atoms with Crippen molar-refractivity contribution in [3.8, 4) is 0 Å². The van der Waals surface area contributed by atoms with Crippen LogP contribution in [0.2, 0.25) is 0 Å². The van der Waals surface area contributed by atoms with E-state index < -0.39 is 0 Å². The van der Waals surface area contributed by atoms with Crippen molar-refractivity contribution >= 4 is 11.8 Å². The number of hydrogen-bond donors (Lipinski definition) is 1. The SMILES string of the molecule is CCC(=O)N1CCC[C@@H](C(=O)N[C@H]2CCCc3ccccc32)C1. The Morgan fingerprint density at radius 2 is 2.04 bits per heavy atom. The molecule has 4 nitrogen and oxygen atoms in total. The Hall–Kier alpha value is -1.84. The summed E-state index contributed by atoms with van der Waals surface area (Å²) in [6, 6.07) is 8.54. The molecule has 124 valence electrons. The van der Waals surface area contributed by atoms with Crippen LogP contribution in [0.4, 0.5) is 0 Å². The van der Waals surface area contributed by atoms with Gasteiger partial charge in [-0.25, -0.2) is 0 Å². The molecule has 3 rings (SSSR count). The van der Waals surface area contributed by atoms with E-state index in [1.54, 1.807) is 0 Å². The summed E-state index contributed by atoms with van der Waals surface area (Å²) in [5.41, 5.74) is 2.62. The van der Waals surface area contributed by atoms with E-state index in [0.717, 1.165) is 38.6 Å². The van der Waals surface area contributed by atoms with Gasteiger partial charge < -0.3 is 10.2 Å². The van der Waals surface area contributed by atoms with E-state index in [4.69, 9.17) is 0 Å². The van der Waals surface area contributed by atoms with Crippen LogP contribution >= 0.6 is 0 Å². The smallest absolute Gasteiger partial charge is 0.225 e. The summed E-state index contributed by atoms with van der Waals surface area (Å²) in [6.07, 6.45) is 5.55. The number of aryl methyl sites for hydroxylation is 1. The van der Waals surface area contributed by atoms with Gasteiger partial charge in [0, 0.05) is 19.5 Å². The van der Waals surface area contributed by atoms with Gasteiger partial charge in [-0.15, -0.1) is 0 Å². The number of fused-ring (bicyclic) bond motifs is 1. The number of benzene rings is 1. The predicted molar refractivity (Wildman–Crippen MR) is 89.9 cm³/mol. The third-order valence-corrected chi connectivity index (χ3v) is 5.13. The van der Waals surface area contributed by atoms with Crippen molar-refractivity contribution in [3.63, 3.8) is 0 Å². The lowest BCUT2D eigenvalue weighted by Crippen LogP contribution is -2.46. The van der Waals surface area contributed by atoms with E-state index in [9.17, 15) is 9.59 Å². The first-order valence-corrected chi connectivity index (χ1v) is 8.85. The summed E-state index contributed by atoms with van der Waals surface area (Å²) in [4.78, 5) is 26.4. The van der Waals surface area contributed by atoms with Crippen LogP contribution < -0.4 is 5.32 Å². The third-order valence-electron chi connectivity index (χ3n) is 5.13. The minimum Gasteiger partial charge on any atom is -0.349 e. The van der Waals surface area contributed by atoms with E-state index >= 15 is 0 Å². The summed E-state index contributed by atoms with van der Waals surface area (Å²) in [6.45, 7) is 3.25. The van der Waals surface area contributed by atoms with Crippen LogP contribution in [-0.2, 0) is 16.0 Å². The van der Waals surface area contributed by atoms with Crippen molar-refractivity contribution in [1.29, 1.82) is 0 Å². The maximum atomic E-state index is 12.7. The number of piperidine rings is 1. The number of carbonyl (C=O) groups excluding carboxylic acids is 2. The molecule has 1 aliphatic heterocycles. The van der Waals surface area contributed by atoms with Gasteiger partial charge in [0.25, 0.3) is 0 Å². The van der Waals surface area contributed by atoms with Gasteiger partial charge in [0.2, 0.25) is 11.8 Å². The van der Waals surface area contributed by atoms with Crippen molar-refractivity contribution in [2.75, 3.05) is 13.1 Å². The largest absolute Gasteiger partial charge is 0.349 e. The Morgan fingerprint density at radius 1 is 1.22 bits per heavy atom. The maximum absolute atomic E-state index is 12.7. The van der Waals surface area contributed by atoms with Crippen LogP contribution in [0.25, 0.3) is 0 Å². The van der Waals surface area contributed by atoms with Gasteiger partial charge in [-0.3, -0.25) is 9.59 Å². The van der Waals surface area contributed by atoms with Gasteiger partial charge in [0.1, 0.15) is 0 Å². The molecule has 0 aromatic heterocycles. The molecule has 0 radical (unpaired) electrons. The first kappa shape index (κ1) is 16.0. The van der Waals surface area contributed by atoms with Gasteiger partial charge in [-0.2, -0.15) is 0 Å². The van der Waals surface area contributed by atoms with Gasteiger partial charge in [0.05, 0.1) is 12.0 Å².